The second-order valence-electron chi connectivity index (χ2n) is 13.9. The second-order valence-corrected chi connectivity index (χ2v) is 18.7. The van der Waals surface area contributed by atoms with Crippen LogP contribution in [0.5, 0.6) is 0 Å². The van der Waals surface area contributed by atoms with Gasteiger partial charge < -0.3 is 9.80 Å². The molecule has 0 radical (unpaired) electrons. The first-order valence-corrected chi connectivity index (χ1v) is 23.9. The largest absolute Gasteiger partial charge is 0.325 e. The fraction of sp³-hybridized carbons (Fsp3) is 0.275. The van der Waals surface area contributed by atoms with Crippen molar-refractivity contribution in [3.05, 3.63) is 120 Å². The van der Waals surface area contributed by atoms with Gasteiger partial charge in [-0.05, 0) is 71.5 Å². The predicted molar refractivity (Wildman–Crippen MR) is 233 cm³/mol. The molecule has 20 heteroatoms. The summed E-state index contributed by atoms with van der Waals surface area (Å²) < 4.78 is 80.5. The Labute approximate surface area is 355 Å². The first-order chi connectivity index (χ1) is 29.0. The third kappa shape index (κ3) is 10.4. The molecule has 4 aromatic carbocycles. The Morgan fingerprint density at radius 1 is 0.717 bits per heavy atom. The molecule has 318 valence electrons. The number of imidazole rings is 1. The standard InChI is InChI=1S/C40H42N4O12S4/c45-53-55-57-24-20-41-35-16-14-31-8-1-3-10-33(31)39(35)43(21-25-58-56-54-46)37(41)18-12-29-6-5-7-30(28-29)13-19-38-42(22-26-59(47,48)49)36-17-15-32-9-2-4-11-34(32)40(36)44(38)23-27-60(50,51)52/h1-4,8-19,28H,5-7,20-27H2,(H3-,45,46,47,48,49,50,51,52)/p+1. The van der Waals surface area contributed by atoms with Crippen LogP contribution in [0.2, 0.25) is 0 Å². The highest BCUT2D eigenvalue weighted by Crippen LogP contribution is 2.46. The predicted octanol–water partition coefficient (Wildman–Crippen LogP) is 7.37. The van der Waals surface area contributed by atoms with Crippen LogP contribution in [-0.2, 0) is 52.1 Å². The maximum atomic E-state index is 12.0. The molecule has 16 nitrogen and oxygen atoms in total. The van der Waals surface area contributed by atoms with Gasteiger partial charge in [-0.3, -0.25) is 9.11 Å². The van der Waals surface area contributed by atoms with E-state index in [2.05, 4.69) is 66.7 Å². The summed E-state index contributed by atoms with van der Waals surface area (Å²) in [5.41, 5.74) is 5.29. The average molecular weight is 900 g/mol. The van der Waals surface area contributed by atoms with Crippen molar-refractivity contribution in [2.45, 2.75) is 32.4 Å². The van der Waals surface area contributed by atoms with Crippen LogP contribution >= 0.6 is 24.1 Å². The summed E-state index contributed by atoms with van der Waals surface area (Å²) in [6.45, 7) is 0.770. The molecule has 1 aliphatic carbocycles. The molecule has 2 aliphatic rings. The SMILES string of the molecule is O=S(=O)(O)CCn1c(C=CC2=CC(=CC=C3N(CCSOOO)c4ccc5ccccc5c4N3CCSOOO)CCC2)[n+](CCS(=O)(=O)O)c2c3ccccc3ccc21. The zero-order valence-corrected chi connectivity index (χ0v) is 35.3. The highest BCUT2D eigenvalue weighted by atomic mass is 32.2. The Hall–Kier alpha value is -4.29. The van der Waals surface area contributed by atoms with Crippen LogP contribution in [-0.4, -0.2) is 77.1 Å². The maximum absolute atomic E-state index is 12.0. The number of hydrogen-bond acceptors (Lipinski definition) is 14. The molecule has 7 rings (SSSR count). The molecule has 60 heavy (non-hydrogen) atoms. The number of allylic oxidation sites excluding steroid dienone is 6. The van der Waals surface area contributed by atoms with Gasteiger partial charge in [0.2, 0.25) is 0 Å². The van der Waals surface area contributed by atoms with Crippen molar-refractivity contribution in [3.8, 4) is 0 Å². The molecular formula is C40H43N4O12S4+. The van der Waals surface area contributed by atoms with Gasteiger partial charge in [0.25, 0.3) is 26.1 Å². The van der Waals surface area contributed by atoms with Crippen LogP contribution in [0.4, 0.5) is 11.4 Å². The average Bonchev–Trinajstić information content (AvgIpc) is 3.71. The van der Waals surface area contributed by atoms with E-state index in [1.54, 1.807) is 9.13 Å². The Balaban J connectivity index is 1.28. The van der Waals surface area contributed by atoms with Gasteiger partial charge in [0, 0.05) is 65.5 Å². The number of nitrogens with zero attached hydrogens (tertiary/aromatic N) is 4. The molecule has 0 fully saturated rings. The van der Waals surface area contributed by atoms with Gasteiger partial charge in [-0.25, -0.2) is 19.6 Å². The van der Waals surface area contributed by atoms with Crippen molar-refractivity contribution in [3.63, 3.8) is 0 Å². The monoisotopic (exact) mass is 899 g/mol. The topological polar surface area (TPSA) is 201 Å². The maximum Gasteiger partial charge on any atom is 0.282 e. The van der Waals surface area contributed by atoms with Crippen LogP contribution in [0.15, 0.2) is 114 Å². The molecule has 0 amide bonds. The van der Waals surface area contributed by atoms with Gasteiger partial charge in [0.05, 0.1) is 11.4 Å². The fourth-order valence-corrected chi connectivity index (χ4v) is 9.39. The molecule has 5 aromatic rings. The Morgan fingerprint density at radius 2 is 1.37 bits per heavy atom. The highest BCUT2D eigenvalue weighted by molar-refractivity contribution is 7.94. The van der Waals surface area contributed by atoms with E-state index in [-0.39, 0.29) is 13.1 Å². The number of aryl methyl sites for hydroxylation is 2. The van der Waals surface area contributed by atoms with E-state index in [9.17, 15) is 25.9 Å². The molecule has 0 atom stereocenters. The van der Waals surface area contributed by atoms with Crippen LogP contribution in [0.25, 0.3) is 38.7 Å². The minimum Gasteiger partial charge on any atom is -0.325 e. The Kier molecular flexibility index (Phi) is 14.3. The highest BCUT2D eigenvalue weighted by Gasteiger charge is 2.33. The summed E-state index contributed by atoms with van der Waals surface area (Å²) in [5, 5.41) is 28.9. The van der Waals surface area contributed by atoms with Gasteiger partial charge in [-0.15, -0.1) is 8.67 Å². The number of anilines is 2. The lowest BCUT2D eigenvalue weighted by molar-refractivity contribution is -0.668. The van der Waals surface area contributed by atoms with Crippen molar-refractivity contribution >= 4 is 94.4 Å². The number of benzene rings is 4. The summed E-state index contributed by atoms with van der Waals surface area (Å²) in [6, 6.07) is 23.5. The quantitative estimate of drug-likeness (QED) is 0.0160. The lowest BCUT2D eigenvalue weighted by Gasteiger charge is -2.25. The zero-order chi connectivity index (χ0) is 42.3. The van der Waals surface area contributed by atoms with Crippen LogP contribution in [0, 0.1) is 0 Å². The van der Waals surface area contributed by atoms with Gasteiger partial charge in [0.1, 0.15) is 30.4 Å². The van der Waals surface area contributed by atoms with Crippen molar-refractivity contribution in [1.82, 2.24) is 4.57 Å². The van der Waals surface area contributed by atoms with E-state index in [0.29, 0.717) is 41.5 Å². The number of fused-ring (bicyclic) bond motifs is 6. The molecule has 1 aromatic heterocycles. The molecule has 2 heterocycles. The minimum atomic E-state index is -4.36. The number of hydrogen-bond donors (Lipinski definition) is 4. The Morgan fingerprint density at radius 3 is 2.07 bits per heavy atom. The van der Waals surface area contributed by atoms with E-state index in [4.69, 9.17) is 14.8 Å². The lowest BCUT2D eigenvalue weighted by Crippen LogP contribution is -2.40. The van der Waals surface area contributed by atoms with E-state index in [1.807, 2.05) is 60.7 Å². The third-order valence-electron chi connectivity index (χ3n) is 10.3. The van der Waals surface area contributed by atoms with Gasteiger partial charge in [-0.1, -0.05) is 76.8 Å². The van der Waals surface area contributed by atoms with Crippen LogP contribution in [0.1, 0.15) is 25.1 Å². The van der Waals surface area contributed by atoms with Gasteiger partial charge >= 0.3 is 0 Å². The van der Waals surface area contributed by atoms with Gasteiger partial charge in [-0.2, -0.15) is 16.8 Å². The molecule has 0 saturated carbocycles. The van der Waals surface area contributed by atoms with Crippen LogP contribution < -0.4 is 14.4 Å². The molecule has 0 spiro atoms. The summed E-state index contributed by atoms with van der Waals surface area (Å²) in [6.07, 6.45) is 12.3. The van der Waals surface area contributed by atoms with E-state index >= 15 is 0 Å². The first kappa shape index (κ1) is 43.8. The van der Waals surface area contributed by atoms with Crippen molar-refractivity contribution in [2.24, 2.45) is 0 Å². The number of aromatic nitrogens is 2. The summed E-state index contributed by atoms with van der Waals surface area (Å²) in [4.78, 5) is 4.35. The molecule has 1 aliphatic heterocycles. The molecule has 4 N–H and O–H groups in total. The minimum absolute atomic E-state index is 0.107. The Bertz CT molecular complexity index is 2720. The normalized spacial score (nSPS) is 16.4. The van der Waals surface area contributed by atoms with E-state index in [1.165, 1.54) is 0 Å². The summed E-state index contributed by atoms with van der Waals surface area (Å²) >= 11 is 1.92. The van der Waals surface area contributed by atoms with Crippen LogP contribution in [0.3, 0.4) is 0 Å². The number of rotatable bonds is 19. The van der Waals surface area contributed by atoms with E-state index in [0.717, 1.165) is 93.2 Å². The third-order valence-corrected chi connectivity index (χ3v) is 12.7. The molecule has 0 bridgehead atoms. The fourth-order valence-electron chi connectivity index (χ4n) is 7.83. The van der Waals surface area contributed by atoms with Crippen molar-refractivity contribution < 1.29 is 59.8 Å². The van der Waals surface area contributed by atoms with E-state index < -0.39 is 31.7 Å². The first-order valence-electron chi connectivity index (χ1n) is 18.9. The van der Waals surface area contributed by atoms with Gasteiger partial charge in [0.15, 0.2) is 11.0 Å². The summed E-state index contributed by atoms with van der Waals surface area (Å²) in [7, 11) is -8.72. The van der Waals surface area contributed by atoms with Crippen molar-refractivity contribution in [2.75, 3.05) is 45.9 Å². The molecular weight excluding hydrogens is 857 g/mol. The smallest absolute Gasteiger partial charge is 0.282 e. The second kappa shape index (κ2) is 19.6. The molecule has 0 unspecified atom stereocenters. The van der Waals surface area contributed by atoms with Crippen molar-refractivity contribution in [1.29, 1.82) is 0 Å². The summed E-state index contributed by atoms with van der Waals surface area (Å²) in [5.74, 6) is 1.12. The lowest BCUT2D eigenvalue weighted by atomic mass is 9.94. The molecule has 0 saturated heterocycles. The zero-order valence-electron chi connectivity index (χ0n) is 32.1.